The minimum atomic E-state index is 0.227. The Morgan fingerprint density at radius 1 is 1.31 bits per heavy atom. The molecule has 0 aliphatic carbocycles. The molecule has 0 unspecified atom stereocenters. The van der Waals surface area contributed by atoms with Crippen LogP contribution in [0.5, 0.6) is 0 Å². The van der Waals surface area contributed by atoms with Crippen LogP contribution in [-0.2, 0) is 9.53 Å². The van der Waals surface area contributed by atoms with Gasteiger partial charge in [-0.05, 0) is 26.8 Å². The lowest BCUT2D eigenvalue weighted by atomic mass is 10.3. The van der Waals surface area contributed by atoms with Crippen LogP contribution in [0.3, 0.4) is 0 Å². The van der Waals surface area contributed by atoms with Crippen LogP contribution in [0.2, 0.25) is 0 Å². The number of ketones is 1. The lowest BCUT2D eigenvalue weighted by Crippen LogP contribution is -2.32. The molecule has 0 bridgehead atoms. The van der Waals surface area contributed by atoms with Gasteiger partial charge in [0.25, 0.3) is 0 Å². The van der Waals surface area contributed by atoms with Gasteiger partial charge >= 0.3 is 0 Å². The molecule has 13 heavy (non-hydrogen) atoms. The van der Waals surface area contributed by atoms with Crippen LogP contribution in [0.15, 0.2) is 0 Å². The summed E-state index contributed by atoms with van der Waals surface area (Å²) < 4.78 is 5.24. The molecule has 0 aromatic rings. The predicted molar refractivity (Wildman–Crippen MR) is 53.9 cm³/mol. The van der Waals surface area contributed by atoms with Gasteiger partial charge in [0.15, 0.2) is 0 Å². The first kappa shape index (κ1) is 12.6. The summed E-state index contributed by atoms with van der Waals surface area (Å²) in [6.45, 7) is 9.60. The van der Waals surface area contributed by atoms with Crippen LogP contribution < -0.4 is 0 Å². The lowest BCUT2D eigenvalue weighted by molar-refractivity contribution is -0.118. The number of hydrogen-bond donors (Lipinski definition) is 0. The van der Waals surface area contributed by atoms with E-state index in [2.05, 4.69) is 11.8 Å². The number of ether oxygens (including phenoxy) is 1. The van der Waals surface area contributed by atoms with Gasteiger partial charge in [0.1, 0.15) is 5.78 Å². The summed E-state index contributed by atoms with van der Waals surface area (Å²) in [6.07, 6.45) is 1.08. The molecule has 3 heteroatoms. The molecular formula is C10H21NO2. The fourth-order valence-electron chi connectivity index (χ4n) is 1.24. The van der Waals surface area contributed by atoms with Gasteiger partial charge in [0.05, 0.1) is 13.2 Å². The van der Waals surface area contributed by atoms with Gasteiger partial charge < -0.3 is 4.74 Å². The molecule has 78 valence electrons. The zero-order valence-electron chi connectivity index (χ0n) is 9.01. The molecule has 0 rings (SSSR count). The highest BCUT2D eigenvalue weighted by molar-refractivity contribution is 5.77. The summed E-state index contributed by atoms with van der Waals surface area (Å²) in [4.78, 5) is 13.0. The molecule has 0 atom stereocenters. The molecule has 0 saturated carbocycles. The molecule has 0 N–H and O–H groups in total. The quantitative estimate of drug-likeness (QED) is 0.537. The third-order valence-corrected chi connectivity index (χ3v) is 1.74. The SMILES string of the molecule is CCCN(CCOCC)CC(C)=O. The fourth-order valence-corrected chi connectivity index (χ4v) is 1.24. The molecule has 0 radical (unpaired) electrons. The molecule has 0 fully saturated rings. The van der Waals surface area contributed by atoms with Crippen molar-refractivity contribution in [3.05, 3.63) is 0 Å². The second kappa shape index (κ2) is 8.20. The first-order chi connectivity index (χ1) is 6.20. The molecule has 0 saturated heterocycles. The molecule has 0 heterocycles. The topological polar surface area (TPSA) is 29.5 Å². The van der Waals surface area contributed by atoms with Gasteiger partial charge in [-0.2, -0.15) is 0 Å². The van der Waals surface area contributed by atoms with E-state index in [0.29, 0.717) is 6.54 Å². The van der Waals surface area contributed by atoms with Crippen LogP contribution in [0, 0.1) is 0 Å². The molecule has 0 aromatic carbocycles. The number of hydrogen-bond acceptors (Lipinski definition) is 3. The highest BCUT2D eigenvalue weighted by Crippen LogP contribution is 1.92. The molecule has 0 aromatic heterocycles. The van der Waals surface area contributed by atoms with Crippen molar-refractivity contribution in [1.82, 2.24) is 4.90 Å². The van der Waals surface area contributed by atoms with Crippen molar-refractivity contribution in [3.63, 3.8) is 0 Å². The van der Waals surface area contributed by atoms with Crippen molar-refractivity contribution in [1.29, 1.82) is 0 Å². The monoisotopic (exact) mass is 187 g/mol. The molecule has 3 nitrogen and oxygen atoms in total. The summed E-state index contributed by atoms with van der Waals surface area (Å²) in [5, 5.41) is 0. The van der Waals surface area contributed by atoms with Gasteiger partial charge in [-0.1, -0.05) is 6.92 Å². The van der Waals surface area contributed by atoms with Crippen LogP contribution in [-0.4, -0.2) is 43.5 Å². The van der Waals surface area contributed by atoms with Gasteiger partial charge in [-0.15, -0.1) is 0 Å². The van der Waals surface area contributed by atoms with Crippen molar-refractivity contribution in [2.75, 3.05) is 32.8 Å². The van der Waals surface area contributed by atoms with E-state index in [-0.39, 0.29) is 5.78 Å². The number of carbonyl (C=O) groups is 1. The van der Waals surface area contributed by atoms with Gasteiger partial charge in [-0.25, -0.2) is 0 Å². The fraction of sp³-hybridized carbons (Fsp3) is 0.900. The van der Waals surface area contributed by atoms with E-state index in [1.54, 1.807) is 6.92 Å². The maximum atomic E-state index is 10.9. The van der Waals surface area contributed by atoms with Crippen LogP contribution >= 0.6 is 0 Å². The highest BCUT2D eigenvalue weighted by Gasteiger charge is 2.05. The summed E-state index contributed by atoms with van der Waals surface area (Å²) in [5.41, 5.74) is 0. The average Bonchev–Trinajstić information content (AvgIpc) is 2.04. The average molecular weight is 187 g/mol. The Hall–Kier alpha value is -0.410. The number of rotatable bonds is 8. The highest BCUT2D eigenvalue weighted by atomic mass is 16.5. The maximum absolute atomic E-state index is 10.9. The van der Waals surface area contributed by atoms with E-state index in [1.807, 2.05) is 6.92 Å². The summed E-state index contributed by atoms with van der Waals surface area (Å²) in [5.74, 6) is 0.227. The minimum Gasteiger partial charge on any atom is -0.380 e. The predicted octanol–water partition coefficient (Wildman–Crippen LogP) is 1.32. The van der Waals surface area contributed by atoms with Crippen molar-refractivity contribution >= 4 is 5.78 Å². The van der Waals surface area contributed by atoms with Crippen molar-refractivity contribution in [2.24, 2.45) is 0 Å². The first-order valence-corrected chi connectivity index (χ1v) is 5.00. The Morgan fingerprint density at radius 3 is 2.46 bits per heavy atom. The Kier molecular flexibility index (Phi) is 7.94. The van der Waals surface area contributed by atoms with Crippen LogP contribution in [0.1, 0.15) is 27.2 Å². The van der Waals surface area contributed by atoms with Crippen molar-refractivity contribution in [2.45, 2.75) is 27.2 Å². The normalized spacial score (nSPS) is 10.8. The third-order valence-electron chi connectivity index (χ3n) is 1.74. The van der Waals surface area contributed by atoms with Gasteiger partial charge in [0.2, 0.25) is 0 Å². The molecule has 0 aliphatic heterocycles. The van der Waals surface area contributed by atoms with Gasteiger partial charge in [-0.3, -0.25) is 9.69 Å². The maximum Gasteiger partial charge on any atom is 0.143 e. The van der Waals surface area contributed by atoms with Crippen LogP contribution in [0.25, 0.3) is 0 Å². The molecular weight excluding hydrogens is 166 g/mol. The minimum absolute atomic E-state index is 0.227. The molecule has 0 aliphatic rings. The largest absolute Gasteiger partial charge is 0.380 e. The Labute approximate surface area is 81.1 Å². The lowest BCUT2D eigenvalue weighted by Gasteiger charge is -2.19. The van der Waals surface area contributed by atoms with E-state index < -0.39 is 0 Å². The Balaban J connectivity index is 3.59. The van der Waals surface area contributed by atoms with Crippen molar-refractivity contribution < 1.29 is 9.53 Å². The van der Waals surface area contributed by atoms with E-state index in [9.17, 15) is 4.79 Å². The summed E-state index contributed by atoms with van der Waals surface area (Å²) >= 11 is 0. The Bertz CT molecular complexity index is 137. The molecule has 0 spiro atoms. The number of Topliss-reactive ketones (excluding diaryl/α,β-unsaturated/α-hetero) is 1. The standard InChI is InChI=1S/C10H21NO2/c1-4-6-11(9-10(3)12)7-8-13-5-2/h4-9H2,1-3H3. The smallest absolute Gasteiger partial charge is 0.143 e. The Morgan fingerprint density at radius 2 is 2.00 bits per heavy atom. The van der Waals surface area contributed by atoms with Gasteiger partial charge in [0, 0.05) is 13.2 Å². The van der Waals surface area contributed by atoms with Crippen molar-refractivity contribution in [3.8, 4) is 0 Å². The first-order valence-electron chi connectivity index (χ1n) is 5.00. The third kappa shape index (κ3) is 7.94. The second-order valence-corrected chi connectivity index (χ2v) is 3.18. The summed E-state index contributed by atoms with van der Waals surface area (Å²) in [6, 6.07) is 0. The molecule has 0 amide bonds. The van der Waals surface area contributed by atoms with E-state index >= 15 is 0 Å². The van der Waals surface area contributed by atoms with E-state index in [0.717, 1.165) is 32.7 Å². The van der Waals surface area contributed by atoms with Crippen LogP contribution in [0.4, 0.5) is 0 Å². The zero-order valence-corrected chi connectivity index (χ0v) is 9.01. The number of carbonyl (C=O) groups excluding carboxylic acids is 1. The van der Waals surface area contributed by atoms with E-state index in [4.69, 9.17) is 4.74 Å². The summed E-state index contributed by atoms with van der Waals surface area (Å²) in [7, 11) is 0. The van der Waals surface area contributed by atoms with E-state index in [1.165, 1.54) is 0 Å². The number of nitrogens with zero attached hydrogens (tertiary/aromatic N) is 1. The second-order valence-electron chi connectivity index (χ2n) is 3.18. The zero-order chi connectivity index (χ0) is 10.1.